The van der Waals surface area contributed by atoms with Crippen LogP contribution in [0.3, 0.4) is 0 Å². The molecule has 1 aliphatic rings. The highest BCUT2D eigenvalue weighted by Gasteiger charge is 2.22. The second-order valence-electron chi connectivity index (χ2n) is 5.31. The first-order valence-electron chi connectivity index (χ1n) is 7.01. The van der Waals surface area contributed by atoms with Gasteiger partial charge in [-0.15, -0.1) is 0 Å². The standard InChI is InChI=1S/C16H15N3O4/c1-10-7-11(3-5-13(10)19(21)22)17-12-4-6-15-14(8-12)18(2)16(20)9-23-15/h3-8,17H,9H2,1-2H3. The fourth-order valence-corrected chi connectivity index (χ4v) is 2.45. The maximum absolute atomic E-state index is 11.7. The number of amides is 1. The molecule has 3 rings (SSSR count). The van der Waals surface area contributed by atoms with Gasteiger partial charge < -0.3 is 15.0 Å². The zero-order chi connectivity index (χ0) is 16.6. The Bertz CT molecular complexity index is 804. The average molecular weight is 313 g/mol. The molecule has 1 amide bonds. The highest BCUT2D eigenvalue weighted by atomic mass is 16.6. The van der Waals surface area contributed by atoms with Crippen LogP contribution in [0.4, 0.5) is 22.7 Å². The number of aryl methyl sites for hydroxylation is 1. The van der Waals surface area contributed by atoms with Crippen molar-refractivity contribution in [3.05, 3.63) is 52.1 Å². The first-order chi connectivity index (χ1) is 11.0. The van der Waals surface area contributed by atoms with Crippen LogP contribution in [0.2, 0.25) is 0 Å². The van der Waals surface area contributed by atoms with Crippen LogP contribution < -0.4 is 15.0 Å². The summed E-state index contributed by atoms with van der Waals surface area (Å²) >= 11 is 0. The molecule has 0 radical (unpaired) electrons. The summed E-state index contributed by atoms with van der Waals surface area (Å²) in [6.07, 6.45) is 0. The monoisotopic (exact) mass is 313 g/mol. The number of nitro groups is 1. The number of hydrogen-bond donors (Lipinski definition) is 1. The van der Waals surface area contributed by atoms with Crippen LogP contribution in [0.25, 0.3) is 0 Å². The summed E-state index contributed by atoms with van der Waals surface area (Å²) in [5.41, 5.74) is 2.85. The molecule has 0 saturated heterocycles. The van der Waals surface area contributed by atoms with Crippen molar-refractivity contribution in [2.45, 2.75) is 6.92 Å². The Labute approximate surface area is 132 Å². The van der Waals surface area contributed by atoms with Crippen molar-refractivity contribution in [1.29, 1.82) is 0 Å². The van der Waals surface area contributed by atoms with Crippen molar-refractivity contribution < 1.29 is 14.5 Å². The van der Waals surface area contributed by atoms with Gasteiger partial charge in [0.05, 0.1) is 10.6 Å². The van der Waals surface area contributed by atoms with E-state index in [-0.39, 0.29) is 18.2 Å². The SMILES string of the molecule is Cc1cc(Nc2ccc3c(c2)N(C)C(=O)CO3)ccc1[N+](=O)[O-]. The molecule has 2 aromatic carbocycles. The third-order valence-corrected chi connectivity index (χ3v) is 3.73. The second-order valence-corrected chi connectivity index (χ2v) is 5.31. The minimum atomic E-state index is -0.407. The Kier molecular flexibility index (Phi) is 3.61. The molecule has 118 valence electrons. The summed E-state index contributed by atoms with van der Waals surface area (Å²) in [7, 11) is 1.70. The molecule has 0 bridgehead atoms. The van der Waals surface area contributed by atoms with E-state index >= 15 is 0 Å². The quantitative estimate of drug-likeness (QED) is 0.695. The van der Waals surface area contributed by atoms with Crippen LogP contribution >= 0.6 is 0 Å². The second kappa shape index (κ2) is 5.60. The normalized spacial score (nSPS) is 13.3. The Morgan fingerprint density at radius 3 is 2.61 bits per heavy atom. The predicted octanol–water partition coefficient (Wildman–Crippen LogP) is 3.00. The third kappa shape index (κ3) is 2.80. The molecule has 0 saturated carbocycles. The van der Waals surface area contributed by atoms with E-state index in [4.69, 9.17) is 4.74 Å². The molecule has 0 unspecified atom stereocenters. The number of ether oxygens (including phenoxy) is 1. The molecule has 0 spiro atoms. The molecular formula is C16H15N3O4. The minimum absolute atomic E-state index is 0.0395. The maximum atomic E-state index is 11.7. The fraction of sp³-hybridized carbons (Fsp3) is 0.188. The lowest BCUT2D eigenvalue weighted by Gasteiger charge is -2.26. The zero-order valence-corrected chi connectivity index (χ0v) is 12.7. The fourth-order valence-electron chi connectivity index (χ4n) is 2.45. The lowest BCUT2D eigenvalue weighted by atomic mass is 10.1. The number of hydrogen-bond acceptors (Lipinski definition) is 5. The summed E-state index contributed by atoms with van der Waals surface area (Å²) in [4.78, 5) is 23.7. The number of fused-ring (bicyclic) bond motifs is 1. The number of nitrogens with zero attached hydrogens (tertiary/aromatic N) is 2. The molecule has 1 heterocycles. The number of likely N-dealkylation sites (N-methyl/N-ethyl adjacent to an activating group) is 1. The Hall–Kier alpha value is -3.09. The lowest BCUT2D eigenvalue weighted by molar-refractivity contribution is -0.385. The molecule has 1 N–H and O–H groups in total. The molecule has 7 nitrogen and oxygen atoms in total. The highest BCUT2D eigenvalue weighted by molar-refractivity contribution is 5.98. The van der Waals surface area contributed by atoms with Gasteiger partial charge in [-0.05, 0) is 37.3 Å². The number of carbonyl (C=O) groups is 1. The summed E-state index contributed by atoms with van der Waals surface area (Å²) in [6, 6.07) is 10.3. The molecule has 2 aromatic rings. The van der Waals surface area contributed by atoms with Crippen LogP contribution in [0.1, 0.15) is 5.56 Å². The van der Waals surface area contributed by atoms with Crippen molar-refractivity contribution in [2.75, 3.05) is 23.9 Å². The van der Waals surface area contributed by atoms with E-state index in [1.165, 1.54) is 6.07 Å². The van der Waals surface area contributed by atoms with Crippen LogP contribution in [-0.2, 0) is 4.79 Å². The number of nitro benzene ring substituents is 1. The van der Waals surface area contributed by atoms with Crippen LogP contribution in [0.5, 0.6) is 5.75 Å². The van der Waals surface area contributed by atoms with Gasteiger partial charge in [-0.25, -0.2) is 0 Å². The van der Waals surface area contributed by atoms with Crippen molar-refractivity contribution in [2.24, 2.45) is 0 Å². The van der Waals surface area contributed by atoms with Crippen LogP contribution in [0, 0.1) is 17.0 Å². The van der Waals surface area contributed by atoms with E-state index in [0.717, 1.165) is 11.4 Å². The van der Waals surface area contributed by atoms with E-state index in [0.29, 0.717) is 17.0 Å². The topological polar surface area (TPSA) is 84.7 Å². The smallest absolute Gasteiger partial charge is 0.272 e. The minimum Gasteiger partial charge on any atom is -0.482 e. The van der Waals surface area contributed by atoms with Crippen molar-refractivity contribution in [1.82, 2.24) is 0 Å². The van der Waals surface area contributed by atoms with Crippen LogP contribution in [0.15, 0.2) is 36.4 Å². The van der Waals surface area contributed by atoms with Gasteiger partial charge in [0.25, 0.3) is 11.6 Å². The number of rotatable bonds is 3. The van der Waals surface area contributed by atoms with Gasteiger partial charge in [0.1, 0.15) is 5.75 Å². The van der Waals surface area contributed by atoms with Gasteiger partial charge in [-0.2, -0.15) is 0 Å². The maximum Gasteiger partial charge on any atom is 0.272 e. The molecule has 0 atom stereocenters. The van der Waals surface area contributed by atoms with E-state index in [9.17, 15) is 14.9 Å². The first kappa shape index (κ1) is 14.8. The van der Waals surface area contributed by atoms with Crippen molar-refractivity contribution in [3.63, 3.8) is 0 Å². The van der Waals surface area contributed by atoms with Crippen molar-refractivity contribution in [3.8, 4) is 5.75 Å². The average Bonchev–Trinajstić information content (AvgIpc) is 2.51. The molecule has 7 heteroatoms. The summed E-state index contributed by atoms with van der Waals surface area (Å²) in [6.45, 7) is 1.73. The Morgan fingerprint density at radius 1 is 1.22 bits per heavy atom. The molecular weight excluding hydrogens is 298 g/mol. The lowest BCUT2D eigenvalue weighted by Crippen LogP contribution is -2.35. The molecule has 0 fully saturated rings. The van der Waals surface area contributed by atoms with Gasteiger partial charge in [-0.3, -0.25) is 14.9 Å². The predicted molar refractivity (Wildman–Crippen MR) is 86.5 cm³/mol. The van der Waals surface area contributed by atoms with Gasteiger partial charge in [0.15, 0.2) is 6.61 Å². The number of carbonyl (C=O) groups excluding carboxylic acids is 1. The zero-order valence-electron chi connectivity index (χ0n) is 12.7. The van der Waals surface area contributed by atoms with Gasteiger partial charge >= 0.3 is 0 Å². The van der Waals surface area contributed by atoms with E-state index in [1.54, 1.807) is 37.1 Å². The highest BCUT2D eigenvalue weighted by Crippen LogP contribution is 2.34. The number of nitrogens with one attached hydrogen (secondary N) is 1. The van der Waals surface area contributed by atoms with Gasteiger partial charge in [0, 0.05) is 30.1 Å². The summed E-state index contributed by atoms with van der Waals surface area (Å²) < 4.78 is 5.38. The largest absolute Gasteiger partial charge is 0.482 e. The third-order valence-electron chi connectivity index (χ3n) is 3.73. The molecule has 0 aromatic heterocycles. The van der Waals surface area contributed by atoms with E-state index < -0.39 is 4.92 Å². The summed E-state index contributed by atoms with van der Waals surface area (Å²) in [5.74, 6) is 0.540. The number of benzene rings is 2. The van der Waals surface area contributed by atoms with Crippen LogP contribution in [-0.4, -0.2) is 24.5 Å². The van der Waals surface area contributed by atoms with Gasteiger partial charge in [0.2, 0.25) is 0 Å². The molecule has 1 aliphatic heterocycles. The van der Waals surface area contributed by atoms with Crippen molar-refractivity contribution >= 4 is 28.7 Å². The molecule has 23 heavy (non-hydrogen) atoms. The van der Waals surface area contributed by atoms with Gasteiger partial charge in [-0.1, -0.05) is 0 Å². The first-order valence-corrected chi connectivity index (χ1v) is 7.01. The Balaban J connectivity index is 1.88. The Morgan fingerprint density at radius 2 is 1.91 bits per heavy atom. The van der Waals surface area contributed by atoms with E-state index in [2.05, 4.69) is 5.32 Å². The molecule has 0 aliphatic carbocycles. The van der Waals surface area contributed by atoms with E-state index in [1.807, 2.05) is 12.1 Å². The number of anilines is 3. The summed E-state index contributed by atoms with van der Waals surface area (Å²) in [5, 5.41) is 14.0.